The van der Waals surface area contributed by atoms with Gasteiger partial charge in [0.2, 0.25) is 0 Å². The van der Waals surface area contributed by atoms with E-state index >= 15 is 0 Å². The number of fused-ring (bicyclic) bond motifs is 9. The number of aromatic nitrogens is 3. The summed E-state index contributed by atoms with van der Waals surface area (Å²) in [6, 6.07) is 52.0. The fraction of sp³-hybridized carbons (Fsp3) is 0.0556. The van der Waals surface area contributed by atoms with Crippen LogP contribution in [0.25, 0.3) is 77.8 Å². The minimum absolute atomic E-state index is 0.545. The van der Waals surface area contributed by atoms with E-state index < -0.39 is 5.41 Å². The number of rotatable bonds is 6. The maximum absolute atomic E-state index is 5.30. The van der Waals surface area contributed by atoms with Crippen molar-refractivity contribution in [2.75, 3.05) is 0 Å². The number of hydrogen-bond acceptors (Lipinski definition) is 4. The molecule has 3 aliphatic rings. The third kappa shape index (κ3) is 5.18. The summed E-state index contributed by atoms with van der Waals surface area (Å²) in [6.07, 6.45) is 12.9. The Bertz CT molecular complexity index is 3120. The maximum atomic E-state index is 5.30. The molecule has 0 saturated heterocycles. The van der Waals surface area contributed by atoms with E-state index in [1.807, 2.05) is 48.3 Å². The lowest BCUT2D eigenvalue weighted by Gasteiger charge is -2.42. The third-order valence-corrected chi connectivity index (χ3v) is 13.2. The van der Waals surface area contributed by atoms with E-state index in [0.717, 1.165) is 73.2 Å². The Labute approximate surface area is 342 Å². The van der Waals surface area contributed by atoms with Gasteiger partial charge >= 0.3 is 0 Å². The van der Waals surface area contributed by atoms with Crippen LogP contribution in [0.3, 0.4) is 0 Å². The molecule has 6 aromatic carbocycles. The van der Waals surface area contributed by atoms with E-state index in [2.05, 4.69) is 153 Å². The molecule has 1 atom stereocenters. The van der Waals surface area contributed by atoms with Crippen LogP contribution in [0.2, 0.25) is 0 Å². The summed E-state index contributed by atoms with van der Waals surface area (Å²) in [5.41, 5.74) is 15.0. The zero-order valence-corrected chi connectivity index (χ0v) is 32.6. The molecule has 0 N–H and O–H groups in total. The molecule has 11 rings (SSSR count). The van der Waals surface area contributed by atoms with Crippen molar-refractivity contribution in [1.82, 2.24) is 15.0 Å². The number of benzene rings is 6. The maximum Gasteiger partial charge on any atom is 0.160 e. The van der Waals surface area contributed by atoms with E-state index in [1.54, 1.807) is 0 Å². The largest absolute Gasteiger partial charge is 0.256 e. The number of allylic oxidation sites excluding steroid dienone is 6. The Kier molecular flexibility index (Phi) is 8.09. The average molecular weight is 760 g/mol. The molecule has 1 aliphatic heterocycles. The van der Waals surface area contributed by atoms with Crippen molar-refractivity contribution in [3.63, 3.8) is 0 Å². The molecule has 4 heteroatoms. The van der Waals surface area contributed by atoms with E-state index in [9.17, 15) is 0 Å². The van der Waals surface area contributed by atoms with Crippen LogP contribution in [0.4, 0.5) is 0 Å². The number of pyridine rings is 1. The minimum atomic E-state index is -0.545. The lowest BCUT2D eigenvalue weighted by atomic mass is 9.65. The highest BCUT2D eigenvalue weighted by Gasteiger charge is 2.52. The van der Waals surface area contributed by atoms with Crippen molar-refractivity contribution >= 4 is 33.4 Å². The summed E-state index contributed by atoms with van der Waals surface area (Å²) < 4.78 is 0. The summed E-state index contributed by atoms with van der Waals surface area (Å²) in [7, 11) is 0. The average Bonchev–Trinajstić information content (AvgIpc) is 3.57. The molecule has 1 spiro atoms. The van der Waals surface area contributed by atoms with E-state index in [-0.39, 0.29) is 0 Å². The molecule has 3 nitrogen and oxygen atoms in total. The Morgan fingerprint density at radius 2 is 1.24 bits per heavy atom. The highest BCUT2D eigenvalue weighted by atomic mass is 32.2. The second kappa shape index (κ2) is 13.7. The molecule has 58 heavy (non-hydrogen) atoms. The topological polar surface area (TPSA) is 38.7 Å². The van der Waals surface area contributed by atoms with Gasteiger partial charge in [-0.3, -0.25) is 4.98 Å². The van der Waals surface area contributed by atoms with Gasteiger partial charge in [-0.15, -0.1) is 0 Å². The summed E-state index contributed by atoms with van der Waals surface area (Å²) in [4.78, 5) is 17.8. The van der Waals surface area contributed by atoms with Crippen LogP contribution in [-0.2, 0) is 5.41 Å². The van der Waals surface area contributed by atoms with Gasteiger partial charge < -0.3 is 0 Å². The number of nitrogens with zero attached hydrogens (tertiary/aromatic N) is 3. The Morgan fingerprint density at radius 3 is 2.07 bits per heavy atom. The van der Waals surface area contributed by atoms with Gasteiger partial charge in [0.15, 0.2) is 5.82 Å². The fourth-order valence-electron chi connectivity index (χ4n) is 9.47. The van der Waals surface area contributed by atoms with Gasteiger partial charge in [-0.2, -0.15) is 0 Å². The molecule has 2 aliphatic carbocycles. The number of thioether (sulfide) groups is 1. The second-order valence-corrected chi connectivity index (χ2v) is 16.1. The van der Waals surface area contributed by atoms with Crippen molar-refractivity contribution in [2.24, 2.45) is 0 Å². The molecular weight excluding hydrogens is 723 g/mol. The summed E-state index contributed by atoms with van der Waals surface area (Å²) >= 11 is 1.82. The second-order valence-electron chi connectivity index (χ2n) is 15.1. The fourth-order valence-corrected chi connectivity index (χ4v) is 10.7. The quantitative estimate of drug-likeness (QED) is 0.169. The first-order valence-electron chi connectivity index (χ1n) is 19.8. The van der Waals surface area contributed by atoms with Crippen molar-refractivity contribution < 1.29 is 0 Å². The molecule has 0 radical (unpaired) electrons. The molecular formula is C54H37N3S. The van der Waals surface area contributed by atoms with Crippen molar-refractivity contribution in [3.05, 3.63) is 221 Å². The SMILES string of the molecule is C=CC1=C(C=C)C2(C3=CCCC=C3S1)c1ccc(-c3cc(-c4cccc5ccccc45)nc(-c4ccccc4)n3)cc1-c1cc(-c3cccc4cccnc34)ccc12. The van der Waals surface area contributed by atoms with E-state index in [0.29, 0.717) is 5.82 Å². The van der Waals surface area contributed by atoms with Crippen LogP contribution in [-0.4, -0.2) is 15.0 Å². The lowest BCUT2D eigenvalue weighted by molar-refractivity contribution is 0.741. The predicted octanol–water partition coefficient (Wildman–Crippen LogP) is 14.1. The van der Waals surface area contributed by atoms with Crippen molar-refractivity contribution in [1.29, 1.82) is 0 Å². The van der Waals surface area contributed by atoms with Crippen molar-refractivity contribution in [2.45, 2.75) is 18.3 Å². The van der Waals surface area contributed by atoms with Gasteiger partial charge in [-0.05, 0) is 86.8 Å². The van der Waals surface area contributed by atoms with Gasteiger partial charge in [0.05, 0.1) is 22.3 Å². The minimum Gasteiger partial charge on any atom is -0.256 e. The molecule has 3 heterocycles. The normalized spacial score (nSPS) is 16.8. The first-order chi connectivity index (χ1) is 28.6. The third-order valence-electron chi connectivity index (χ3n) is 12.0. The van der Waals surface area contributed by atoms with Gasteiger partial charge in [0.25, 0.3) is 0 Å². The molecule has 0 fully saturated rings. The molecule has 0 saturated carbocycles. The highest BCUT2D eigenvalue weighted by Crippen LogP contribution is 2.65. The van der Waals surface area contributed by atoms with Gasteiger partial charge in [-0.25, -0.2) is 9.97 Å². The summed E-state index contributed by atoms with van der Waals surface area (Å²) in [6.45, 7) is 8.77. The van der Waals surface area contributed by atoms with E-state index in [1.165, 1.54) is 43.7 Å². The van der Waals surface area contributed by atoms with Crippen LogP contribution in [0.5, 0.6) is 0 Å². The summed E-state index contributed by atoms with van der Waals surface area (Å²) in [5.74, 6) is 0.697. The van der Waals surface area contributed by atoms with Gasteiger partial charge in [0, 0.05) is 43.6 Å². The van der Waals surface area contributed by atoms with Crippen LogP contribution in [0.15, 0.2) is 210 Å². The molecule has 1 unspecified atom stereocenters. The zero-order valence-electron chi connectivity index (χ0n) is 31.8. The van der Waals surface area contributed by atoms with Crippen LogP contribution >= 0.6 is 11.8 Å². The van der Waals surface area contributed by atoms with Crippen LogP contribution in [0.1, 0.15) is 24.0 Å². The van der Waals surface area contributed by atoms with Gasteiger partial charge in [-0.1, -0.05) is 171 Å². The molecule has 0 bridgehead atoms. The molecule has 0 amide bonds. The van der Waals surface area contributed by atoms with Gasteiger partial charge in [0.1, 0.15) is 0 Å². The first-order valence-corrected chi connectivity index (χ1v) is 20.6. The summed E-state index contributed by atoms with van der Waals surface area (Å²) in [5, 5.41) is 3.47. The Hall–Kier alpha value is -6.88. The smallest absolute Gasteiger partial charge is 0.160 e. The molecule has 2 aromatic heterocycles. The first kappa shape index (κ1) is 34.4. The molecule has 8 aromatic rings. The lowest BCUT2D eigenvalue weighted by Crippen LogP contribution is -2.34. The molecule has 274 valence electrons. The van der Waals surface area contributed by atoms with Crippen LogP contribution in [0, 0.1) is 0 Å². The highest BCUT2D eigenvalue weighted by molar-refractivity contribution is 8.07. The number of para-hydroxylation sites is 1. The van der Waals surface area contributed by atoms with Crippen LogP contribution < -0.4 is 0 Å². The van der Waals surface area contributed by atoms with Crippen molar-refractivity contribution in [3.8, 4) is 56.2 Å². The zero-order chi connectivity index (χ0) is 38.8. The Balaban J connectivity index is 1.19. The number of hydrogen-bond donors (Lipinski definition) is 0. The Morgan fingerprint density at radius 1 is 0.552 bits per heavy atom. The van der Waals surface area contributed by atoms with E-state index in [4.69, 9.17) is 15.0 Å². The predicted molar refractivity (Wildman–Crippen MR) is 243 cm³/mol. The monoisotopic (exact) mass is 759 g/mol. The standard InChI is InChI=1S/C54H37N3S/c1-3-44-50(4-2)58-51-25-11-10-24-47(51)54(44)45-28-26-37(40-22-13-19-35-20-14-30-55-52(35)40)31-42(45)43-32-38(27-29-46(43)54)48-33-49(57-53(56-48)36-16-6-5-7-17-36)41-23-12-18-34-15-8-9-21-39(34)41/h3-9,12-33H,1-2,10-11H2.